The number of fused-ring (bicyclic) bond motifs is 5. The molecule has 0 saturated heterocycles. The van der Waals surface area contributed by atoms with Crippen molar-refractivity contribution in [3.8, 4) is 0 Å². The van der Waals surface area contributed by atoms with Gasteiger partial charge < -0.3 is 14.9 Å². The van der Waals surface area contributed by atoms with Gasteiger partial charge >= 0.3 is 5.97 Å². The van der Waals surface area contributed by atoms with Crippen LogP contribution in [0.15, 0.2) is 22.8 Å². The number of hydrogen-bond acceptors (Lipinski definition) is 6. The Balaban J connectivity index is 1.90. The lowest BCUT2D eigenvalue weighted by Crippen LogP contribution is -2.71. The first-order chi connectivity index (χ1) is 15.7. The maximum absolute atomic E-state index is 17.3. The second-order valence-electron chi connectivity index (χ2n) is 10.8. The predicted octanol–water partition coefficient (Wildman–Crippen LogP) is 3.37. The maximum Gasteiger partial charge on any atom is 0.306 e. The number of Topliss-reactive ketones (excluding diaryl/α,β-unsaturated/α-hetero) is 1. The van der Waals surface area contributed by atoms with Gasteiger partial charge in [-0.15, -0.1) is 0 Å². The van der Waals surface area contributed by atoms with Crippen molar-refractivity contribution in [2.24, 2.45) is 28.6 Å². The van der Waals surface area contributed by atoms with Crippen molar-refractivity contribution < 1.29 is 38.1 Å². The highest BCUT2D eigenvalue weighted by atomic mass is 35.5. The Labute approximate surface area is 202 Å². The second kappa shape index (κ2) is 7.93. The molecule has 0 bridgehead atoms. The number of allylic oxidation sites excluding steroid dienone is 4. The third kappa shape index (κ3) is 2.88. The topological polar surface area (TPSA) is 101 Å². The summed E-state index contributed by atoms with van der Waals surface area (Å²) in [5.41, 5.74) is -7.12. The van der Waals surface area contributed by atoms with E-state index >= 15 is 8.78 Å². The van der Waals surface area contributed by atoms with Gasteiger partial charge in [-0.3, -0.25) is 14.4 Å². The van der Waals surface area contributed by atoms with Crippen molar-refractivity contribution in [1.29, 1.82) is 0 Å². The standard InChI is InChI=1S/C25H31ClF2O6/c1-5-21(33)34-25(20(32)11-29)12(2)6-13-14-7-17(27)15-8-18(30)16(26)9-22(15,3)24(14,28)19(31)10-23(13,25)4/h8-9,12-14,17,19,29,31H,5-7,10-11H2,1-4H3/t12-,13+,14+,17+,19+,22+,23+,24+,25-/m1/s1. The van der Waals surface area contributed by atoms with Gasteiger partial charge in [0.2, 0.25) is 5.78 Å². The lowest BCUT2D eigenvalue weighted by Gasteiger charge is -2.63. The summed E-state index contributed by atoms with van der Waals surface area (Å²) in [6, 6.07) is 0. The number of ether oxygens (including phenoxy) is 1. The zero-order chi connectivity index (χ0) is 25.4. The van der Waals surface area contributed by atoms with Crippen LogP contribution in [0.3, 0.4) is 0 Å². The van der Waals surface area contributed by atoms with Crippen LogP contribution < -0.4 is 0 Å². The van der Waals surface area contributed by atoms with Crippen molar-refractivity contribution in [3.63, 3.8) is 0 Å². The fourth-order valence-electron chi connectivity index (χ4n) is 7.82. The highest BCUT2D eigenvalue weighted by Gasteiger charge is 2.78. The van der Waals surface area contributed by atoms with Gasteiger partial charge in [-0.2, -0.15) is 0 Å². The molecule has 0 aliphatic heterocycles. The minimum atomic E-state index is -2.38. The molecule has 4 rings (SSSR count). The van der Waals surface area contributed by atoms with Crippen molar-refractivity contribution in [1.82, 2.24) is 0 Å². The van der Waals surface area contributed by atoms with Crippen LogP contribution in [0.5, 0.6) is 0 Å². The number of esters is 1. The van der Waals surface area contributed by atoms with Gasteiger partial charge in [0, 0.05) is 29.1 Å². The number of ketones is 2. The number of alkyl halides is 2. The molecule has 0 heterocycles. The molecule has 0 radical (unpaired) electrons. The Kier molecular flexibility index (Phi) is 5.94. The molecule has 3 fully saturated rings. The molecule has 3 saturated carbocycles. The summed E-state index contributed by atoms with van der Waals surface area (Å²) in [4.78, 5) is 37.8. The fourth-order valence-corrected chi connectivity index (χ4v) is 8.09. The van der Waals surface area contributed by atoms with E-state index in [2.05, 4.69) is 0 Å². The van der Waals surface area contributed by atoms with Crippen LogP contribution in [0, 0.1) is 28.6 Å². The molecule has 9 atom stereocenters. The Morgan fingerprint density at radius 3 is 2.50 bits per heavy atom. The Bertz CT molecular complexity index is 1010. The van der Waals surface area contributed by atoms with Crippen molar-refractivity contribution in [2.45, 2.75) is 76.9 Å². The smallest absolute Gasteiger partial charge is 0.306 e. The predicted molar refractivity (Wildman–Crippen MR) is 119 cm³/mol. The van der Waals surface area contributed by atoms with E-state index in [1.165, 1.54) is 13.0 Å². The van der Waals surface area contributed by atoms with Gasteiger partial charge in [-0.25, -0.2) is 8.78 Å². The van der Waals surface area contributed by atoms with Crippen LogP contribution in [0.2, 0.25) is 0 Å². The van der Waals surface area contributed by atoms with Gasteiger partial charge in [0.25, 0.3) is 0 Å². The highest BCUT2D eigenvalue weighted by molar-refractivity contribution is 6.44. The number of carbonyl (C=O) groups excluding carboxylic acids is 3. The van der Waals surface area contributed by atoms with E-state index in [9.17, 15) is 24.6 Å². The zero-order valence-electron chi connectivity index (χ0n) is 19.7. The van der Waals surface area contributed by atoms with Crippen LogP contribution >= 0.6 is 11.6 Å². The summed E-state index contributed by atoms with van der Waals surface area (Å²) in [6.45, 7) is 5.49. The number of carbonyl (C=O) groups is 3. The second-order valence-corrected chi connectivity index (χ2v) is 11.2. The molecular weight excluding hydrogens is 470 g/mol. The van der Waals surface area contributed by atoms with Crippen LogP contribution in [-0.2, 0) is 19.1 Å². The minimum Gasteiger partial charge on any atom is -0.450 e. The van der Waals surface area contributed by atoms with Gasteiger partial charge in [-0.05, 0) is 49.8 Å². The SMILES string of the molecule is CCC(=O)O[C@@]1(C(=O)CO)[C@H](C)C[C@H]2[C@@H]3C[C@H](F)C4=CC(=O)C(Cl)=C[C@]4(C)[C@@]3(F)[C@@H](O)C[C@@]21C. The molecule has 9 heteroatoms. The van der Waals surface area contributed by atoms with E-state index in [1.807, 2.05) is 0 Å². The summed E-state index contributed by atoms with van der Waals surface area (Å²) in [5, 5.41) is 21.0. The van der Waals surface area contributed by atoms with Gasteiger partial charge in [-0.1, -0.05) is 32.4 Å². The number of halogens is 3. The molecule has 0 spiro atoms. The molecule has 0 aromatic rings. The van der Waals surface area contributed by atoms with E-state index in [1.54, 1.807) is 20.8 Å². The number of rotatable bonds is 4. The molecule has 6 nitrogen and oxygen atoms in total. The van der Waals surface area contributed by atoms with Crippen LogP contribution in [0.25, 0.3) is 0 Å². The molecule has 0 aromatic heterocycles. The van der Waals surface area contributed by atoms with Crippen LogP contribution in [0.1, 0.15) is 53.4 Å². The maximum atomic E-state index is 17.3. The zero-order valence-corrected chi connectivity index (χ0v) is 20.5. The third-order valence-electron chi connectivity index (χ3n) is 9.35. The summed E-state index contributed by atoms with van der Waals surface area (Å²) >= 11 is 6.07. The van der Waals surface area contributed by atoms with E-state index in [0.29, 0.717) is 0 Å². The number of hydrogen-bond donors (Lipinski definition) is 2. The first kappa shape index (κ1) is 25.5. The molecule has 0 aromatic carbocycles. The Hall–Kier alpha value is -1.64. The largest absolute Gasteiger partial charge is 0.450 e. The third-order valence-corrected chi connectivity index (χ3v) is 9.64. The summed E-state index contributed by atoms with van der Waals surface area (Å²) < 4.78 is 38.6. The number of aliphatic hydroxyl groups is 2. The Morgan fingerprint density at radius 2 is 1.91 bits per heavy atom. The Morgan fingerprint density at radius 1 is 1.26 bits per heavy atom. The lowest BCUT2D eigenvalue weighted by molar-refractivity contribution is -0.231. The summed E-state index contributed by atoms with van der Waals surface area (Å²) in [6.07, 6.45) is -1.42. The normalized spacial score (nSPS) is 47.7. The average Bonchev–Trinajstić information content (AvgIpc) is 2.99. The first-order valence-electron chi connectivity index (χ1n) is 11.8. The summed E-state index contributed by atoms with van der Waals surface area (Å²) in [5.74, 6) is -4.26. The molecule has 0 amide bonds. The fraction of sp³-hybridized carbons (Fsp3) is 0.720. The minimum absolute atomic E-state index is 0.0109. The average molecular weight is 501 g/mol. The van der Waals surface area contributed by atoms with E-state index in [-0.39, 0.29) is 36.3 Å². The molecule has 2 N–H and O–H groups in total. The van der Waals surface area contributed by atoms with Crippen LogP contribution in [-0.4, -0.2) is 57.9 Å². The molecule has 4 aliphatic rings. The quantitative estimate of drug-likeness (QED) is 0.574. The van der Waals surface area contributed by atoms with E-state index < -0.39 is 76.3 Å². The molecule has 34 heavy (non-hydrogen) atoms. The van der Waals surface area contributed by atoms with Crippen molar-refractivity contribution in [3.05, 3.63) is 22.8 Å². The molecule has 0 unspecified atom stereocenters. The molecule has 188 valence electrons. The van der Waals surface area contributed by atoms with Gasteiger partial charge in [0.05, 0.1) is 11.1 Å². The summed E-state index contributed by atoms with van der Waals surface area (Å²) in [7, 11) is 0. The van der Waals surface area contributed by atoms with Gasteiger partial charge in [0.1, 0.15) is 12.8 Å². The van der Waals surface area contributed by atoms with E-state index in [4.69, 9.17) is 16.3 Å². The van der Waals surface area contributed by atoms with Gasteiger partial charge in [0.15, 0.2) is 17.1 Å². The van der Waals surface area contributed by atoms with Crippen molar-refractivity contribution in [2.75, 3.05) is 6.61 Å². The molecular formula is C25H31ClF2O6. The van der Waals surface area contributed by atoms with E-state index in [0.717, 1.165) is 6.08 Å². The number of aliphatic hydroxyl groups excluding tert-OH is 2. The monoisotopic (exact) mass is 500 g/mol. The van der Waals surface area contributed by atoms with Crippen molar-refractivity contribution >= 4 is 29.1 Å². The molecule has 4 aliphatic carbocycles. The lowest BCUT2D eigenvalue weighted by atomic mass is 9.44. The van der Waals surface area contributed by atoms with Crippen LogP contribution in [0.4, 0.5) is 8.78 Å². The highest BCUT2D eigenvalue weighted by Crippen LogP contribution is 2.71. The first-order valence-corrected chi connectivity index (χ1v) is 12.1.